The van der Waals surface area contributed by atoms with Gasteiger partial charge in [0.25, 0.3) is 0 Å². The lowest BCUT2D eigenvalue weighted by Crippen LogP contribution is -2.23. The Bertz CT molecular complexity index is 323. The van der Waals surface area contributed by atoms with Crippen molar-refractivity contribution < 1.29 is 20.1 Å². The van der Waals surface area contributed by atoms with E-state index in [-0.39, 0.29) is 6.42 Å². The lowest BCUT2D eigenvalue weighted by atomic mass is 10.0. The topological polar surface area (TPSA) is 77.8 Å². The Kier molecular flexibility index (Phi) is 14.0. The second-order valence-corrected chi connectivity index (χ2v) is 5.68. The molecule has 0 bridgehead atoms. The van der Waals surface area contributed by atoms with Gasteiger partial charge in [0.15, 0.2) is 0 Å². The van der Waals surface area contributed by atoms with Gasteiger partial charge in [0.2, 0.25) is 0 Å². The second-order valence-electron chi connectivity index (χ2n) is 5.68. The zero-order valence-electron chi connectivity index (χ0n) is 13.8. The molecule has 3 N–H and O–H groups in total. The van der Waals surface area contributed by atoms with Crippen molar-refractivity contribution in [2.75, 3.05) is 0 Å². The zero-order valence-corrected chi connectivity index (χ0v) is 13.8. The molecule has 4 nitrogen and oxygen atoms in total. The highest BCUT2D eigenvalue weighted by Gasteiger charge is 2.12. The van der Waals surface area contributed by atoms with Crippen molar-refractivity contribution in [1.29, 1.82) is 0 Å². The average molecular weight is 312 g/mol. The third-order valence-electron chi connectivity index (χ3n) is 3.53. The van der Waals surface area contributed by atoms with E-state index in [1.807, 2.05) is 6.08 Å². The summed E-state index contributed by atoms with van der Waals surface area (Å²) < 4.78 is 0. The molecule has 0 aromatic heterocycles. The van der Waals surface area contributed by atoms with E-state index in [1.165, 1.54) is 19.3 Å². The van der Waals surface area contributed by atoms with Gasteiger partial charge in [-0.15, -0.1) is 0 Å². The van der Waals surface area contributed by atoms with E-state index in [0.29, 0.717) is 12.8 Å². The quantitative estimate of drug-likeness (QED) is 0.336. The number of rotatable bonds is 14. The van der Waals surface area contributed by atoms with Crippen LogP contribution in [0, 0.1) is 0 Å². The van der Waals surface area contributed by atoms with Crippen LogP contribution in [0.15, 0.2) is 24.3 Å². The third-order valence-corrected chi connectivity index (χ3v) is 3.53. The minimum Gasteiger partial charge on any atom is -0.481 e. The molecule has 0 saturated carbocycles. The Morgan fingerprint density at radius 3 is 2.45 bits per heavy atom. The largest absolute Gasteiger partial charge is 0.481 e. The molecule has 0 aliphatic rings. The standard InChI is InChI=1S/C18H32O4/c1-2-3-4-5-6-7-8-10-13-16(19)17(20)14-11-9-12-15-18(21)22/h6-7,10,13,16-17,19-20H,2-5,8-9,11-12,14-15H2,1H3,(H,21,22)/b7-6-,13-10-. The van der Waals surface area contributed by atoms with E-state index in [0.717, 1.165) is 25.7 Å². The van der Waals surface area contributed by atoms with Crippen LogP contribution in [0.5, 0.6) is 0 Å². The van der Waals surface area contributed by atoms with Gasteiger partial charge >= 0.3 is 5.97 Å². The number of aliphatic hydroxyl groups excluding tert-OH is 2. The van der Waals surface area contributed by atoms with E-state index in [9.17, 15) is 15.0 Å². The zero-order chi connectivity index (χ0) is 16.6. The third kappa shape index (κ3) is 13.8. The number of hydrogen-bond donors (Lipinski definition) is 3. The average Bonchev–Trinajstić information content (AvgIpc) is 2.48. The molecule has 0 amide bonds. The molecule has 4 heteroatoms. The summed E-state index contributed by atoms with van der Waals surface area (Å²) in [6.45, 7) is 2.19. The van der Waals surface area contributed by atoms with E-state index < -0.39 is 18.2 Å². The highest BCUT2D eigenvalue weighted by atomic mass is 16.4. The Hall–Kier alpha value is -1.13. The summed E-state index contributed by atoms with van der Waals surface area (Å²) in [6.07, 6.45) is 14.5. The van der Waals surface area contributed by atoms with Crippen molar-refractivity contribution in [3.63, 3.8) is 0 Å². The minimum atomic E-state index is -0.840. The molecule has 128 valence electrons. The minimum absolute atomic E-state index is 0.170. The number of carbonyl (C=O) groups is 1. The van der Waals surface area contributed by atoms with Gasteiger partial charge in [0.1, 0.15) is 0 Å². The summed E-state index contributed by atoms with van der Waals surface area (Å²) in [6, 6.07) is 0. The molecule has 0 heterocycles. The Balaban J connectivity index is 3.65. The van der Waals surface area contributed by atoms with Crippen molar-refractivity contribution in [1.82, 2.24) is 0 Å². The number of unbranched alkanes of at least 4 members (excludes halogenated alkanes) is 5. The molecule has 0 aromatic rings. The monoisotopic (exact) mass is 312 g/mol. The maximum absolute atomic E-state index is 10.3. The van der Waals surface area contributed by atoms with Crippen LogP contribution in [0.1, 0.15) is 71.1 Å². The lowest BCUT2D eigenvalue weighted by Gasteiger charge is -2.14. The maximum atomic E-state index is 10.3. The predicted octanol–water partition coefficient (Wildman–Crippen LogP) is 3.83. The summed E-state index contributed by atoms with van der Waals surface area (Å²) in [7, 11) is 0. The fourth-order valence-corrected chi connectivity index (χ4v) is 2.13. The maximum Gasteiger partial charge on any atom is 0.303 e. The van der Waals surface area contributed by atoms with Crippen LogP contribution in [0.3, 0.4) is 0 Å². The van der Waals surface area contributed by atoms with Gasteiger partial charge in [0.05, 0.1) is 12.2 Å². The summed E-state index contributed by atoms with van der Waals surface area (Å²) >= 11 is 0. The molecule has 0 rings (SSSR count). The van der Waals surface area contributed by atoms with Crippen molar-refractivity contribution in [2.45, 2.75) is 83.3 Å². The van der Waals surface area contributed by atoms with Crippen molar-refractivity contribution in [3.05, 3.63) is 24.3 Å². The number of carboxylic acid groups (broad SMARTS) is 1. The van der Waals surface area contributed by atoms with Gasteiger partial charge in [0, 0.05) is 6.42 Å². The van der Waals surface area contributed by atoms with Gasteiger partial charge in [-0.3, -0.25) is 4.79 Å². The predicted molar refractivity (Wildman–Crippen MR) is 89.8 cm³/mol. The molecule has 0 radical (unpaired) electrons. The van der Waals surface area contributed by atoms with Gasteiger partial charge in [-0.05, 0) is 32.1 Å². The van der Waals surface area contributed by atoms with Crippen LogP contribution in [0.2, 0.25) is 0 Å². The Morgan fingerprint density at radius 1 is 1.00 bits per heavy atom. The smallest absolute Gasteiger partial charge is 0.303 e. The van der Waals surface area contributed by atoms with E-state index >= 15 is 0 Å². The Labute approximate surface area is 134 Å². The molecule has 2 atom stereocenters. The number of allylic oxidation sites excluding steroid dienone is 3. The first-order valence-corrected chi connectivity index (χ1v) is 8.47. The van der Waals surface area contributed by atoms with Crippen molar-refractivity contribution in [2.24, 2.45) is 0 Å². The SMILES string of the molecule is CCCCC/C=C\C/C=C\C(O)C(O)CCCCCC(=O)O. The molecule has 0 saturated heterocycles. The summed E-state index contributed by atoms with van der Waals surface area (Å²) in [5.41, 5.74) is 0. The molecule has 0 fully saturated rings. The molecule has 2 unspecified atom stereocenters. The number of aliphatic hydroxyl groups is 2. The van der Waals surface area contributed by atoms with Crippen molar-refractivity contribution >= 4 is 5.97 Å². The normalized spacial score (nSPS) is 14.7. The number of carboxylic acids is 1. The Morgan fingerprint density at radius 2 is 1.77 bits per heavy atom. The van der Waals surface area contributed by atoms with Crippen LogP contribution in [-0.4, -0.2) is 33.5 Å². The molecule has 0 aliphatic carbocycles. The van der Waals surface area contributed by atoms with Crippen LogP contribution in [-0.2, 0) is 4.79 Å². The molecule has 0 aromatic carbocycles. The highest BCUT2D eigenvalue weighted by molar-refractivity contribution is 5.66. The van der Waals surface area contributed by atoms with Gasteiger partial charge in [-0.2, -0.15) is 0 Å². The fourth-order valence-electron chi connectivity index (χ4n) is 2.13. The number of hydrogen-bond acceptors (Lipinski definition) is 3. The van der Waals surface area contributed by atoms with Crippen LogP contribution < -0.4 is 0 Å². The fraction of sp³-hybridized carbons (Fsp3) is 0.722. The summed E-state index contributed by atoms with van der Waals surface area (Å²) in [5.74, 6) is -0.786. The summed E-state index contributed by atoms with van der Waals surface area (Å²) in [5, 5.41) is 28.1. The van der Waals surface area contributed by atoms with Crippen LogP contribution in [0.4, 0.5) is 0 Å². The van der Waals surface area contributed by atoms with Gasteiger partial charge in [-0.25, -0.2) is 0 Å². The van der Waals surface area contributed by atoms with E-state index in [4.69, 9.17) is 5.11 Å². The highest BCUT2D eigenvalue weighted by Crippen LogP contribution is 2.09. The first-order valence-electron chi connectivity index (χ1n) is 8.47. The van der Waals surface area contributed by atoms with Crippen LogP contribution >= 0.6 is 0 Å². The lowest BCUT2D eigenvalue weighted by molar-refractivity contribution is -0.137. The molecule has 0 aliphatic heterocycles. The second kappa shape index (κ2) is 14.8. The van der Waals surface area contributed by atoms with Crippen LogP contribution in [0.25, 0.3) is 0 Å². The first-order chi connectivity index (χ1) is 10.6. The van der Waals surface area contributed by atoms with E-state index in [2.05, 4.69) is 19.1 Å². The molecule has 22 heavy (non-hydrogen) atoms. The first kappa shape index (κ1) is 20.9. The van der Waals surface area contributed by atoms with E-state index in [1.54, 1.807) is 6.08 Å². The van der Waals surface area contributed by atoms with Crippen molar-refractivity contribution in [3.8, 4) is 0 Å². The molecular weight excluding hydrogens is 280 g/mol. The number of aliphatic carboxylic acids is 1. The molecule has 0 spiro atoms. The molecular formula is C18H32O4. The van der Waals surface area contributed by atoms with Gasteiger partial charge in [-0.1, -0.05) is 56.9 Å². The summed E-state index contributed by atoms with van der Waals surface area (Å²) in [4.78, 5) is 10.3. The van der Waals surface area contributed by atoms with Gasteiger partial charge < -0.3 is 15.3 Å².